The summed E-state index contributed by atoms with van der Waals surface area (Å²) in [6.45, 7) is 12.0. The number of alkyl halides is 2. The zero-order chi connectivity index (χ0) is 24.3. The molecule has 0 aliphatic carbocycles. The fourth-order valence-electron chi connectivity index (χ4n) is 4.04. The number of aromatic nitrogens is 5. The van der Waals surface area contributed by atoms with Crippen molar-refractivity contribution in [2.24, 2.45) is 0 Å². The molecule has 1 fully saturated rings. The molecule has 2 N–H and O–H groups in total. The minimum Gasteiger partial charge on any atom is -0.340 e. The number of nitrogens with zero attached hydrogens (tertiary/aromatic N) is 4. The number of aromatic amines is 2. The summed E-state index contributed by atoms with van der Waals surface area (Å²) in [6, 6.07) is 1.96. The van der Waals surface area contributed by atoms with Gasteiger partial charge in [0.1, 0.15) is 5.69 Å². The van der Waals surface area contributed by atoms with E-state index in [4.69, 9.17) is 0 Å². The second-order valence-electron chi connectivity index (χ2n) is 8.36. The highest BCUT2D eigenvalue weighted by Gasteiger charge is 2.37. The highest BCUT2D eigenvalue weighted by molar-refractivity contribution is 5.93. The van der Waals surface area contributed by atoms with Gasteiger partial charge in [0.2, 0.25) is 0 Å². The van der Waals surface area contributed by atoms with Crippen LogP contribution in [0.5, 0.6) is 0 Å². The van der Waals surface area contributed by atoms with Crippen LogP contribution in [0.2, 0.25) is 0 Å². The van der Waals surface area contributed by atoms with Crippen LogP contribution in [0.15, 0.2) is 61.4 Å². The second-order valence-corrected chi connectivity index (χ2v) is 8.36. The highest BCUT2D eigenvalue weighted by Crippen LogP contribution is 2.30. The van der Waals surface area contributed by atoms with E-state index in [1.54, 1.807) is 23.2 Å². The molecule has 0 unspecified atom stereocenters. The van der Waals surface area contributed by atoms with E-state index in [-0.39, 0.29) is 13.0 Å². The average Bonchev–Trinajstić information content (AvgIpc) is 3.50. The van der Waals surface area contributed by atoms with Gasteiger partial charge in [0, 0.05) is 30.6 Å². The normalized spacial score (nSPS) is 17.2. The zero-order valence-electron chi connectivity index (χ0n) is 19.4. The third kappa shape index (κ3) is 4.97. The fraction of sp³-hybridized carbons (Fsp3) is 0.269. The summed E-state index contributed by atoms with van der Waals surface area (Å²) in [7, 11) is 0. The van der Waals surface area contributed by atoms with Crippen LogP contribution in [0.25, 0.3) is 34.1 Å². The van der Waals surface area contributed by atoms with Crippen molar-refractivity contribution in [3.05, 3.63) is 78.5 Å². The van der Waals surface area contributed by atoms with Gasteiger partial charge in [-0.2, -0.15) is 5.10 Å². The van der Waals surface area contributed by atoms with E-state index in [0.717, 1.165) is 39.1 Å². The SMILES string of the molecule is C=C/C=C\c1nc(-c2n[nH]c3cnc(C(/C=C(\C=C)CN4CCC(F)(F)C4)=C/C)cc23)[nH]c1C. The number of hydrogen-bond donors (Lipinski definition) is 2. The maximum Gasteiger partial charge on any atom is 0.261 e. The Morgan fingerprint density at radius 2 is 2.15 bits per heavy atom. The molecule has 0 spiro atoms. The monoisotopic (exact) mass is 462 g/mol. The summed E-state index contributed by atoms with van der Waals surface area (Å²) >= 11 is 0. The summed E-state index contributed by atoms with van der Waals surface area (Å²) in [5.74, 6) is -1.96. The van der Waals surface area contributed by atoms with Crippen molar-refractivity contribution in [3.8, 4) is 11.5 Å². The largest absolute Gasteiger partial charge is 0.340 e. The van der Waals surface area contributed by atoms with Gasteiger partial charge in [-0.1, -0.05) is 37.5 Å². The van der Waals surface area contributed by atoms with Crippen LogP contribution in [0.3, 0.4) is 0 Å². The van der Waals surface area contributed by atoms with Gasteiger partial charge in [0.25, 0.3) is 5.92 Å². The average molecular weight is 463 g/mol. The molecule has 8 heteroatoms. The first-order valence-electron chi connectivity index (χ1n) is 11.1. The lowest BCUT2D eigenvalue weighted by Crippen LogP contribution is -2.26. The summed E-state index contributed by atoms with van der Waals surface area (Å²) in [5.41, 5.74) is 5.72. The minimum atomic E-state index is -2.62. The predicted octanol–water partition coefficient (Wildman–Crippen LogP) is 5.71. The molecule has 1 saturated heterocycles. The molecule has 0 aromatic carbocycles. The van der Waals surface area contributed by atoms with Crippen molar-refractivity contribution in [1.82, 2.24) is 30.0 Å². The van der Waals surface area contributed by atoms with Gasteiger partial charge in [0.15, 0.2) is 5.82 Å². The van der Waals surface area contributed by atoms with Gasteiger partial charge in [-0.15, -0.1) is 0 Å². The predicted molar refractivity (Wildman–Crippen MR) is 133 cm³/mol. The van der Waals surface area contributed by atoms with Gasteiger partial charge >= 0.3 is 0 Å². The molecule has 1 aliphatic heterocycles. The van der Waals surface area contributed by atoms with Crippen molar-refractivity contribution < 1.29 is 8.78 Å². The molecular formula is C26H28F2N6. The molecule has 0 atom stereocenters. The van der Waals surface area contributed by atoms with Gasteiger partial charge < -0.3 is 4.98 Å². The number of imidazole rings is 1. The van der Waals surface area contributed by atoms with Crippen molar-refractivity contribution in [2.75, 3.05) is 19.6 Å². The second kappa shape index (κ2) is 9.69. The van der Waals surface area contributed by atoms with Crippen LogP contribution >= 0.6 is 0 Å². The Kier molecular flexibility index (Phi) is 6.70. The summed E-state index contributed by atoms with van der Waals surface area (Å²) in [5, 5.41) is 8.35. The van der Waals surface area contributed by atoms with Crippen molar-refractivity contribution in [2.45, 2.75) is 26.2 Å². The lowest BCUT2D eigenvalue weighted by molar-refractivity contribution is 0.0131. The highest BCUT2D eigenvalue weighted by atomic mass is 19.3. The number of aryl methyl sites for hydroxylation is 1. The molecule has 6 nitrogen and oxygen atoms in total. The number of allylic oxidation sites excluding steroid dienone is 5. The lowest BCUT2D eigenvalue weighted by atomic mass is 10.1. The quantitative estimate of drug-likeness (QED) is 0.421. The lowest BCUT2D eigenvalue weighted by Gasteiger charge is -2.16. The molecule has 3 aromatic heterocycles. The Morgan fingerprint density at radius 3 is 2.82 bits per heavy atom. The van der Waals surface area contributed by atoms with E-state index in [1.807, 2.05) is 44.2 Å². The van der Waals surface area contributed by atoms with Crippen LogP contribution in [-0.4, -0.2) is 55.6 Å². The molecule has 0 amide bonds. The molecule has 0 saturated carbocycles. The molecule has 3 aromatic rings. The third-order valence-electron chi connectivity index (χ3n) is 5.85. The van der Waals surface area contributed by atoms with E-state index in [2.05, 4.69) is 38.3 Å². The van der Waals surface area contributed by atoms with Crippen LogP contribution in [0.1, 0.15) is 30.4 Å². The van der Waals surface area contributed by atoms with Crippen LogP contribution in [0.4, 0.5) is 8.78 Å². The van der Waals surface area contributed by atoms with E-state index in [1.165, 1.54) is 0 Å². The van der Waals surface area contributed by atoms with Crippen molar-refractivity contribution >= 4 is 22.6 Å². The summed E-state index contributed by atoms with van der Waals surface area (Å²) in [4.78, 5) is 14.3. The number of nitrogens with one attached hydrogen (secondary N) is 2. The molecule has 176 valence electrons. The molecule has 4 heterocycles. The Bertz CT molecular complexity index is 1310. The molecule has 34 heavy (non-hydrogen) atoms. The maximum atomic E-state index is 13.6. The maximum absolute atomic E-state index is 13.6. The smallest absolute Gasteiger partial charge is 0.261 e. The van der Waals surface area contributed by atoms with Crippen LogP contribution in [0, 0.1) is 6.92 Å². The van der Waals surface area contributed by atoms with Crippen molar-refractivity contribution in [1.29, 1.82) is 0 Å². The van der Waals surface area contributed by atoms with Gasteiger partial charge in [-0.3, -0.25) is 15.0 Å². The van der Waals surface area contributed by atoms with E-state index >= 15 is 0 Å². The molecule has 0 radical (unpaired) electrons. The van der Waals surface area contributed by atoms with Crippen LogP contribution in [-0.2, 0) is 0 Å². The first-order valence-corrected chi connectivity index (χ1v) is 11.1. The number of H-pyrrole nitrogens is 2. The van der Waals surface area contributed by atoms with Crippen LogP contribution < -0.4 is 0 Å². The van der Waals surface area contributed by atoms with Gasteiger partial charge in [-0.05, 0) is 43.2 Å². The third-order valence-corrected chi connectivity index (χ3v) is 5.85. The zero-order valence-corrected chi connectivity index (χ0v) is 19.4. The van der Waals surface area contributed by atoms with Gasteiger partial charge in [-0.25, -0.2) is 13.8 Å². The first kappa shape index (κ1) is 23.5. The molecule has 0 bridgehead atoms. The number of likely N-dealkylation sites (tertiary alicyclic amines) is 1. The Labute approximate surface area is 197 Å². The fourth-order valence-corrected chi connectivity index (χ4v) is 4.04. The van der Waals surface area contributed by atoms with E-state index in [0.29, 0.717) is 24.6 Å². The molecule has 1 aliphatic rings. The minimum absolute atomic E-state index is 0.104. The Morgan fingerprint density at radius 1 is 1.32 bits per heavy atom. The molecular weight excluding hydrogens is 434 g/mol. The topological polar surface area (TPSA) is 73.5 Å². The number of rotatable bonds is 8. The summed E-state index contributed by atoms with van der Waals surface area (Å²) in [6.07, 6.45) is 12.7. The molecule has 4 rings (SSSR count). The number of fused-ring (bicyclic) bond motifs is 1. The Hall–Kier alpha value is -3.65. The number of halogens is 2. The number of hydrogen-bond acceptors (Lipinski definition) is 4. The summed E-state index contributed by atoms with van der Waals surface area (Å²) < 4.78 is 27.2. The van der Waals surface area contributed by atoms with Crippen molar-refractivity contribution in [3.63, 3.8) is 0 Å². The van der Waals surface area contributed by atoms with E-state index in [9.17, 15) is 8.78 Å². The Balaban J connectivity index is 1.65. The van der Waals surface area contributed by atoms with E-state index < -0.39 is 5.92 Å². The standard InChI is InChI=1S/C26H28F2N6/c1-5-8-9-21-17(4)30-25(31-21)24-20-13-22(29-14-23(20)32-33-24)19(7-3)12-18(6-2)15-34-11-10-26(27,28)16-34/h5-9,12-14H,1-2,10-11,15-16H2,3-4H3,(H,30,31)(H,32,33)/b9-8-,18-12+,19-7+. The number of pyridine rings is 1. The first-order chi connectivity index (χ1) is 16.3. The van der Waals surface area contributed by atoms with Gasteiger partial charge in [0.05, 0.1) is 29.6 Å².